The first kappa shape index (κ1) is 104. The molecule has 5 saturated carbocycles. The third-order valence-corrected chi connectivity index (χ3v) is 38.9. The van der Waals surface area contributed by atoms with Crippen LogP contribution in [0.5, 0.6) is 0 Å². The number of nitrogens with zero attached hydrogens (tertiary/aromatic N) is 10. The van der Waals surface area contributed by atoms with E-state index >= 15 is 8.78 Å². The Labute approximate surface area is 871 Å². The highest BCUT2D eigenvalue weighted by Gasteiger charge is 2.56. The number of aliphatic hydroxyl groups excluding tert-OH is 3. The first-order chi connectivity index (χ1) is 66.3. The molecule has 8 N–H and O–H groups in total. The van der Waals surface area contributed by atoms with Crippen molar-refractivity contribution in [1.82, 2.24) is 47.3 Å². The third kappa shape index (κ3) is 23.2. The van der Waals surface area contributed by atoms with E-state index in [9.17, 15) is 74.3 Å². The highest BCUT2D eigenvalue weighted by atomic mass is 127. The second-order valence-electron chi connectivity index (χ2n) is 35.4. The van der Waals surface area contributed by atoms with Gasteiger partial charge in [-0.1, -0.05) is 30.3 Å². The number of aryl methyl sites for hydroxylation is 5. The van der Waals surface area contributed by atoms with Crippen LogP contribution in [0.2, 0.25) is 0 Å². The number of benzene rings is 6. The number of imidazole rings is 4. The van der Waals surface area contributed by atoms with Crippen LogP contribution in [0.15, 0.2) is 171 Å². The zero-order valence-corrected chi connectivity index (χ0v) is 90.3. The van der Waals surface area contributed by atoms with Gasteiger partial charge in [-0.05, 0) is 346 Å². The zero-order chi connectivity index (χ0) is 100. The van der Waals surface area contributed by atoms with E-state index in [0.29, 0.717) is 138 Å². The standard InChI is InChI=1S/C21H23FIN3O4S.C20H21FIN3O3S.C19H18F2IN3O2S.C18H17FIN3O2S.C17H14F2IN3O2S/c1-13-17(8-14-2-3-15(23)9-18(14)22)19(11-26-7-6-24-20(13)26)25-31(29,30)21(4-5-21)10-16(28)12-27;1-13-16(10-14-2-3-15(22)11-17(14)21)18(12-25-8-7-23-19(13)25)24-29(27,28)20(4-5-20)6-9-26;1-10-14-9-17(24-28(26,27)13-5-6-13)15(18(21)19(14)23-25(10)2)7-11-3-4-12(22)8-16(11)20;1-11-15(8-12-2-3-13(20)9-16(12)19)17(10-23-7-6-21-18(11)23)22-26(24,25)14-4-5-14;18-14-8-11(20)2-1-10(14)7-13-15(22-26(24,25)12-3-4-12)9-23-6-5-21-17(23)16(13)19/h2-3,6-7,9,11,16,25,27-28H,4-5,8,10,12H2,1H3;2-3,7-8,11-12,24,26H,4-6,9-10H2,1H3;3-4,8-9,13,24H,5-7H2,1-2H3;2-3,6-7,9-10,14,22H,4-5,8H2,1H3;1-2,5-6,8-9,12,22H,3-4,7H2. The van der Waals surface area contributed by atoms with Gasteiger partial charge in [0.25, 0.3) is 0 Å². The van der Waals surface area contributed by atoms with Crippen LogP contribution >= 0.6 is 113 Å². The van der Waals surface area contributed by atoms with Crippen LogP contribution in [0.25, 0.3) is 33.5 Å². The molecule has 28 nitrogen and oxygen atoms in total. The molecule has 6 aromatic carbocycles. The Kier molecular flexibility index (Phi) is 31.1. The van der Waals surface area contributed by atoms with Crippen molar-refractivity contribution in [3.05, 3.63) is 308 Å². The van der Waals surface area contributed by atoms with Crippen LogP contribution in [0.1, 0.15) is 155 Å². The first-order valence-corrected chi connectivity index (χ1v) is 57.1. The van der Waals surface area contributed by atoms with Crippen molar-refractivity contribution < 1.29 is 88.1 Å². The van der Waals surface area contributed by atoms with Crippen molar-refractivity contribution >= 4 is 225 Å². The summed E-state index contributed by atoms with van der Waals surface area (Å²) in [6, 6.07) is 26.0. The van der Waals surface area contributed by atoms with Crippen molar-refractivity contribution in [2.24, 2.45) is 7.05 Å². The maximum Gasteiger partial charge on any atom is 0.238 e. The second kappa shape index (κ2) is 41.8. The number of hydrogen-bond donors (Lipinski definition) is 8. The molecular weight excluding hydrogens is 2490 g/mol. The molecule has 140 heavy (non-hydrogen) atoms. The quantitative estimate of drug-likeness (QED) is 0.0153. The number of rotatable bonds is 30. The predicted molar refractivity (Wildman–Crippen MR) is 565 cm³/mol. The Morgan fingerprint density at radius 1 is 0.400 bits per heavy atom. The van der Waals surface area contributed by atoms with Gasteiger partial charge < -0.3 is 32.9 Å². The lowest BCUT2D eigenvalue weighted by molar-refractivity contribution is 0.0858. The number of pyridine rings is 4. The van der Waals surface area contributed by atoms with E-state index in [1.54, 1.807) is 136 Å². The van der Waals surface area contributed by atoms with Crippen LogP contribution in [-0.4, -0.2) is 149 Å². The van der Waals surface area contributed by atoms with E-state index in [2.05, 4.69) is 93.8 Å². The minimum Gasteiger partial charge on any atom is -0.396 e. The van der Waals surface area contributed by atoms with Gasteiger partial charge in [0.05, 0.1) is 66.4 Å². The van der Waals surface area contributed by atoms with Crippen molar-refractivity contribution in [2.45, 2.75) is 168 Å². The summed E-state index contributed by atoms with van der Waals surface area (Å²) in [7, 11) is -16.5. The molecule has 0 amide bonds. The van der Waals surface area contributed by atoms with E-state index in [-0.39, 0.29) is 113 Å². The summed E-state index contributed by atoms with van der Waals surface area (Å²) in [5.41, 5.74) is 11.2. The lowest BCUT2D eigenvalue weighted by atomic mass is 10.00. The number of sulfonamides is 5. The van der Waals surface area contributed by atoms with Crippen molar-refractivity contribution in [1.29, 1.82) is 0 Å². The second-order valence-corrected chi connectivity index (χ2v) is 51.7. The summed E-state index contributed by atoms with van der Waals surface area (Å²) >= 11 is 10.1. The maximum atomic E-state index is 15.4. The molecule has 5 aliphatic carbocycles. The van der Waals surface area contributed by atoms with Gasteiger partial charge in [-0.2, -0.15) is 5.10 Å². The van der Waals surface area contributed by atoms with Gasteiger partial charge >= 0.3 is 0 Å². The van der Waals surface area contributed by atoms with Gasteiger partial charge in [0.15, 0.2) is 17.3 Å². The fourth-order valence-electron chi connectivity index (χ4n) is 16.6. The number of fused-ring (bicyclic) bond motifs is 5. The molecule has 45 heteroatoms. The number of anilines is 5. The molecule has 1 unspecified atom stereocenters. The fraction of sp³-hybridized carbons (Fsp3) is 0.316. The zero-order valence-electron chi connectivity index (χ0n) is 75.4. The summed E-state index contributed by atoms with van der Waals surface area (Å²) in [5.74, 6) is -3.19. The van der Waals surface area contributed by atoms with Crippen LogP contribution in [0.3, 0.4) is 0 Å². The van der Waals surface area contributed by atoms with Crippen LogP contribution < -0.4 is 23.6 Å². The molecule has 15 aromatic rings. The van der Waals surface area contributed by atoms with Gasteiger partial charge in [-0.25, -0.2) is 92.8 Å². The molecule has 0 bridgehead atoms. The largest absolute Gasteiger partial charge is 0.396 e. The molecule has 9 heterocycles. The monoisotopic (exact) mass is 2580 g/mol. The highest BCUT2D eigenvalue weighted by molar-refractivity contribution is 14.1. The van der Waals surface area contributed by atoms with Crippen molar-refractivity contribution in [3.8, 4) is 0 Å². The Morgan fingerprint density at radius 2 is 0.693 bits per heavy atom. The van der Waals surface area contributed by atoms with Gasteiger partial charge in [-0.3, -0.25) is 28.3 Å². The SMILES string of the molecule is Cc1c(Cc2ccc(I)cc2F)c(NS(=O)(=O)C2(CC(O)CO)CC2)cn2ccnc12.Cc1c(Cc2ccc(I)cc2F)c(NS(=O)(=O)C2(CCO)CC2)cn2ccnc12.Cc1c(Cc2ccc(I)cc2F)c(NS(=O)(=O)C2CC2)cn2ccnc12.Cc1c2cc(NS(=O)(=O)C3CC3)c(Cc3ccc(I)cc3F)c(F)c2nn1C.O=S(=O)(Nc1cn2ccnc2c(F)c1Cc1ccc(I)cc1F)C1CC1. The van der Waals surface area contributed by atoms with E-state index in [1.807, 2.05) is 107 Å². The molecule has 0 spiro atoms. The maximum absolute atomic E-state index is 15.4. The lowest BCUT2D eigenvalue weighted by Gasteiger charge is -2.22. The topological polar surface area (TPSA) is 379 Å². The van der Waals surface area contributed by atoms with Crippen LogP contribution in [-0.2, 0) is 89.3 Å². The Bertz CT molecular complexity index is 7820. The third-order valence-electron chi connectivity index (χ3n) is 25.5. The highest BCUT2D eigenvalue weighted by Crippen LogP contribution is 2.50. The van der Waals surface area contributed by atoms with E-state index < -0.39 is 106 Å². The number of hydrogen-bond acceptors (Lipinski definition) is 18. The van der Waals surface area contributed by atoms with E-state index in [4.69, 9.17) is 5.11 Å². The predicted octanol–water partition coefficient (Wildman–Crippen LogP) is 18.5. The molecule has 0 saturated heterocycles. The van der Waals surface area contributed by atoms with Gasteiger partial charge in [0.2, 0.25) is 50.1 Å². The van der Waals surface area contributed by atoms with Crippen LogP contribution in [0.4, 0.5) is 59.2 Å². The number of aromatic nitrogens is 10. The molecule has 0 radical (unpaired) electrons. The van der Waals surface area contributed by atoms with Crippen molar-refractivity contribution in [3.63, 3.8) is 0 Å². The minimum absolute atomic E-state index is 0.0355. The summed E-state index contributed by atoms with van der Waals surface area (Å²) < 4.78 is 253. The average molecular weight is 2580 g/mol. The number of halogens is 12. The fourth-order valence-corrected chi connectivity index (χ4v) is 26.5. The molecule has 5 aliphatic rings. The molecule has 0 aliphatic heterocycles. The Balaban J connectivity index is 0.000000126. The summed E-state index contributed by atoms with van der Waals surface area (Å²) in [4.78, 5) is 17.0. The molecule has 9 aromatic heterocycles. The van der Waals surface area contributed by atoms with Gasteiger partial charge in [0.1, 0.15) is 51.5 Å². The van der Waals surface area contributed by atoms with Gasteiger partial charge in [0, 0.05) is 160 Å². The van der Waals surface area contributed by atoms with E-state index in [0.717, 1.165) is 45.8 Å². The van der Waals surface area contributed by atoms with Crippen molar-refractivity contribution in [2.75, 3.05) is 36.8 Å². The number of aliphatic hydroxyl groups is 3. The molecular formula is C95H93F7I5N15O13S5. The molecule has 740 valence electrons. The minimum atomic E-state index is -3.86. The molecule has 1 atom stereocenters. The van der Waals surface area contributed by atoms with Gasteiger partial charge in [-0.15, -0.1) is 0 Å². The summed E-state index contributed by atoms with van der Waals surface area (Å²) in [5, 5.41) is 31.8. The smallest absolute Gasteiger partial charge is 0.238 e. The van der Waals surface area contributed by atoms with Crippen LogP contribution in [0, 0.1) is 86.3 Å². The Morgan fingerprint density at radius 3 is 1.01 bits per heavy atom. The summed E-state index contributed by atoms with van der Waals surface area (Å²) in [6.07, 6.45) is 24.9. The normalized spacial score (nSPS) is 15.3. The lowest BCUT2D eigenvalue weighted by Crippen LogP contribution is -2.34. The number of nitrogens with one attached hydrogen (secondary N) is 5. The molecule has 20 rings (SSSR count). The summed E-state index contributed by atoms with van der Waals surface area (Å²) in [6.45, 7) is 6.70. The Hall–Kier alpha value is -8.66. The average Bonchev–Trinajstić information content (AvgIpc) is 1.50. The molecule has 5 fully saturated rings. The van der Waals surface area contributed by atoms with E-state index in [1.165, 1.54) is 53.3 Å². The first-order valence-electron chi connectivity index (χ1n) is 44.1.